The van der Waals surface area contributed by atoms with Crippen LogP contribution in [0, 0.1) is 6.92 Å². The molecule has 0 aliphatic carbocycles. The Morgan fingerprint density at radius 2 is 1.77 bits per heavy atom. The Kier molecular flexibility index (Phi) is 7.99. The molecule has 2 aliphatic heterocycles. The molecule has 0 atom stereocenters. The van der Waals surface area contributed by atoms with E-state index < -0.39 is 0 Å². The summed E-state index contributed by atoms with van der Waals surface area (Å²) in [7, 11) is 0. The first kappa shape index (κ1) is 21.9. The molecule has 1 saturated heterocycles. The maximum absolute atomic E-state index is 5.87. The van der Waals surface area contributed by atoms with Crippen LogP contribution in [-0.2, 0) is 17.7 Å². The SMILES string of the molecule is Cc1noc(CCCCCCCOc2ccc(C3=NCCO3)cc2)c1CN1CCCC1. The number of likely N-dealkylation sites (tertiary alicyclic amines) is 1. The van der Waals surface area contributed by atoms with E-state index in [0.717, 1.165) is 67.6 Å². The molecule has 0 radical (unpaired) electrons. The molecule has 0 amide bonds. The van der Waals surface area contributed by atoms with Gasteiger partial charge in [0.25, 0.3) is 0 Å². The molecule has 0 spiro atoms. The Hall–Kier alpha value is -2.34. The van der Waals surface area contributed by atoms with Crippen molar-refractivity contribution >= 4 is 5.90 Å². The lowest BCUT2D eigenvalue weighted by Gasteiger charge is -2.14. The van der Waals surface area contributed by atoms with Crippen molar-refractivity contribution in [3.05, 3.63) is 46.8 Å². The Bertz CT molecular complexity index is 838. The molecule has 0 N–H and O–H groups in total. The minimum atomic E-state index is 0.686. The highest BCUT2D eigenvalue weighted by molar-refractivity contribution is 5.94. The van der Waals surface area contributed by atoms with Gasteiger partial charge in [-0.25, -0.2) is 4.99 Å². The quantitative estimate of drug-likeness (QED) is 0.451. The summed E-state index contributed by atoms with van der Waals surface area (Å²) < 4.78 is 17.0. The minimum Gasteiger partial charge on any atom is -0.494 e. The standard InChI is InChI=1S/C25H35N3O3/c1-20-23(19-28-15-6-7-16-28)24(31-27-20)9-5-3-2-4-8-17-29-22-12-10-21(11-13-22)25-26-14-18-30-25/h10-13H,2-9,14-19H2,1H3. The largest absolute Gasteiger partial charge is 0.494 e. The van der Waals surface area contributed by atoms with E-state index in [1.165, 1.54) is 50.8 Å². The van der Waals surface area contributed by atoms with Gasteiger partial charge in [0.15, 0.2) is 0 Å². The topological polar surface area (TPSA) is 60.1 Å². The third-order valence-electron chi connectivity index (χ3n) is 6.15. The molecule has 6 heteroatoms. The second-order valence-electron chi connectivity index (χ2n) is 8.58. The van der Waals surface area contributed by atoms with E-state index in [9.17, 15) is 0 Å². The molecule has 1 aromatic heterocycles. The molecule has 2 aromatic rings. The first-order valence-electron chi connectivity index (χ1n) is 11.9. The molecule has 1 aromatic carbocycles. The van der Waals surface area contributed by atoms with E-state index >= 15 is 0 Å². The van der Waals surface area contributed by atoms with Crippen molar-refractivity contribution in [3.63, 3.8) is 0 Å². The Morgan fingerprint density at radius 3 is 2.55 bits per heavy atom. The zero-order chi connectivity index (χ0) is 21.3. The second kappa shape index (κ2) is 11.3. The number of ether oxygens (including phenoxy) is 2. The summed E-state index contributed by atoms with van der Waals surface area (Å²) in [6, 6.07) is 8.03. The zero-order valence-electron chi connectivity index (χ0n) is 18.8. The van der Waals surface area contributed by atoms with Crippen LogP contribution in [0.5, 0.6) is 5.75 Å². The number of aryl methyl sites for hydroxylation is 2. The van der Waals surface area contributed by atoms with Crippen LogP contribution in [0.2, 0.25) is 0 Å². The van der Waals surface area contributed by atoms with Crippen LogP contribution < -0.4 is 4.74 Å². The van der Waals surface area contributed by atoms with Crippen molar-refractivity contribution in [2.45, 2.75) is 64.8 Å². The molecule has 31 heavy (non-hydrogen) atoms. The fourth-order valence-electron chi connectivity index (χ4n) is 4.31. The molecule has 168 valence electrons. The molecule has 4 rings (SSSR count). The summed E-state index contributed by atoms with van der Waals surface area (Å²) in [6.07, 6.45) is 9.53. The third-order valence-corrected chi connectivity index (χ3v) is 6.15. The average Bonchev–Trinajstić information content (AvgIpc) is 3.56. The van der Waals surface area contributed by atoms with Crippen LogP contribution in [-0.4, -0.2) is 48.8 Å². The van der Waals surface area contributed by atoms with Gasteiger partial charge in [0.05, 0.1) is 18.8 Å². The van der Waals surface area contributed by atoms with Gasteiger partial charge >= 0.3 is 0 Å². The van der Waals surface area contributed by atoms with Crippen molar-refractivity contribution in [3.8, 4) is 5.75 Å². The molecular formula is C25H35N3O3. The maximum Gasteiger partial charge on any atom is 0.216 e. The molecule has 1 fully saturated rings. The number of rotatable bonds is 12. The summed E-state index contributed by atoms with van der Waals surface area (Å²) in [6.45, 7) is 7.70. The summed E-state index contributed by atoms with van der Waals surface area (Å²) in [5, 5.41) is 4.22. The smallest absolute Gasteiger partial charge is 0.216 e. The minimum absolute atomic E-state index is 0.686. The second-order valence-corrected chi connectivity index (χ2v) is 8.58. The Balaban J connectivity index is 1.07. The zero-order valence-corrected chi connectivity index (χ0v) is 18.8. The molecule has 0 unspecified atom stereocenters. The van der Waals surface area contributed by atoms with Crippen LogP contribution >= 0.6 is 0 Å². The van der Waals surface area contributed by atoms with Crippen molar-refractivity contribution in [2.24, 2.45) is 4.99 Å². The van der Waals surface area contributed by atoms with Crippen molar-refractivity contribution < 1.29 is 14.0 Å². The van der Waals surface area contributed by atoms with Gasteiger partial charge in [0, 0.05) is 24.1 Å². The van der Waals surface area contributed by atoms with Gasteiger partial charge in [-0.1, -0.05) is 24.4 Å². The highest BCUT2D eigenvalue weighted by atomic mass is 16.5. The van der Waals surface area contributed by atoms with Crippen LogP contribution in [0.4, 0.5) is 0 Å². The highest BCUT2D eigenvalue weighted by Crippen LogP contribution is 2.21. The summed E-state index contributed by atoms with van der Waals surface area (Å²) in [5.41, 5.74) is 3.42. The predicted molar refractivity (Wildman–Crippen MR) is 122 cm³/mol. The number of nitrogens with zero attached hydrogens (tertiary/aromatic N) is 3. The van der Waals surface area contributed by atoms with Crippen LogP contribution in [0.3, 0.4) is 0 Å². The monoisotopic (exact) mass is 425 g/mol. The van der Waals surface area contributed by atoms with Gasteiger partial charge in [0.1, 0.15) is 18.1 Å². The predicted octanol–water partition coefficient (Wildman–Crippen LogP) is 4.93. The van der Waals surface area contributed by atoms with Crippen molar-refractivity contribution in [1.82, 2.24) is 10.1 Å². The lowest BCUT2D eigenvalue weighted by atomic mass is 10.1. The highest BCUT2D eigenvalue weighted by Gasteiger charge is 2.18. The average molecular weight is 426 g/mol. The van der Waals surface area contributed by atoms with Gasteiger partial charge in [-0.3, -0.25) is 4.90 Å². The maximum atomic E-state index is 5.87. The molecule has 0 saturated carbocycles. The summed E-state index contributed by atoms with van der Waals surface area (Å²) in [5.74, 6) is 2.76. The van der Waals surface area contributed by atoms with E-state index in [0.29, 0.717) is 6.61 Å². The van der Waals surface area contributed by atoms with Crippen LogP contribution in [0.15, 0.2) is 33.8 Å². The van der Waals surface area contributed by atoms with Gasteiger partial charge in [-0.05, 0) is 70.0 Å². The van der Waals surface area contributed by atoms with E-state index in [1.807, 2.05) is 24.3 Å². The van der Waals surface area contributed by atoms with E-state index in [4.69, 9.17) is 14.0 Å². The number of hydrogen-bond donors (Lipinski definition) is 0. The van der Waals surface area contributed by atoms with E-state index in [-0.39, 0.29) is 0 Å². The van der Waals surface area contributed by atoms with Gasteiger partial charge in [-0.15, -0.1) is 0 Å². The number of benzene rings is 1. The van der Waals surface area contributed by atoms with Gasteiger partial charge in [-0.2, -0.15) is 0 Å². The molecule has 0 bridgehead atoms. The van der Waals surface area contributed by atoms with E-state index in [1.54, 1.807) is 0 Å². The lowest BCUT2D eigenvalue weighted by molar-refractivity contribution is 0.304. The third kappa shape index (κ3) is 6.33. The first-order chi connectivity index (χ1) is 15.3. The fourth-order valence-corrected chi connectivity index (χ4v) is 4.31. The number of aliphatic imine (C=N–C) groups is 1. The summed E-state index contributed by atoms with van der Waals surface area (Å²) >= 11 is 0. The van der Waals surface area contributed by atoms with Gasteiger partial charge < -0.3 is 14.0 Å². The first-order valence-corrected chi connectivity index (χ1v) is 11.9. The van der Waals surface area contributed by atoms with Crippen LogP contribution in [0.25, 0.3) is 0 Å². The number of unbranched alkanes of at least 4 members (excludes halogenated alkanes) is 4. The van der Waals surface area contributed by atoms with Crippen molar-refractivity contribution in [2.75, 3.05) is 32.8 Å². The van der Waals surface area contributed by atoms with Crippen LogP contribution in [0.1, 0.15) is 67.5 Å². The normalized spacial score (nSPS) is 16.5. The molecule has 2 aliphatic rings. The van der Waals surface area contributed by atoms with E-state index in [2.05, 4.69) is 22.0 Å². The molecular weight excluding hydrogens is 390 g/mol. The summed E-state index contributed by atoms with van der Waals surface area (Å²) in [4.78, 5) is 6.86. The lowest BCUT2D eigenvalue weighted by Crippen LogP contribution is -2.19. The number of aromatic nitrogens is 1. The number of hydrogen-bond acceptors (Lipinski definition) is 6. The Labute approximate surface area is 185 Å². The fraction of sp³-hybridized carbons (Fsp3) is 0.600. The van der Waals surface area contributed by atoms with Crippen molar-refractivity contribution in [1.29, 1.82) is 0 Å². The molecule has 3 heterocycles. The Morgan fingerprint density at radius 1 is 1.00 bits per heavy atom. The van der Waals surface area contributed by atoms with Gasteiger partial charge in [0.2, 0.25) is 5.90 Å². The molecule has 6 nitrogen and oxygen atoms in total.